The third kappa shape index (κ3) is 5.14. The fourth-order valence-electron chi connectivity index (χ4n) is 3.20. The zero-order chi connectivity index (χ0) is 24.9. The number of rotatable bonds is 8. The van der Waals surface area contributed by atoms with Crippen molar-refractivity contribution in [2.24, 2.45) is 5.10 Å². The SMILES string of the molecule is COc1cc(C=NNC(=O)c2c(C)nnn2-c2nonc2N)cc(Br)c1OCc1ccccc1C. The number of aromatic nitrogens is 5. The number of aryl methyl sites for hydroxylation is 2. The first-order valence-corrected chi connectivity index (χ1v) is 11.1. The number of benzene rings is 2. The molecule has 13 heteroatoms. The maximum absolute atomic E-state index is 12.7. The van der Waals surface area contributed by atoms with Crippen LogP contribution in [0.3, 0.4) is 0 Å². The van der Waals surface area contributed by atoms with Gasteiger partial charge in [0.25, 0.3) is 5.91 Å². The molecule has 0 saturated heterocycles. The number of hydrogen-bond acceptors (Lipinski definition) is 10. The lowest BCUT2D eigenvalue weighted by molar-refractivity contribution is 0.0946. The number of nitrogens with one attached hydrogen (secondary N) is 1. The van der Waals surface area contributed by atoms with Crippen molar-refractivity contribution in [3.05, 3.63) is 68.9 Å². The summed E-state index contributed by atoms with van der Waals surface area (Å²) < 4.78 is 17.9. The quantitative estimate of drug-likeness (QED) is 0.253. The first-order chi connectivity index (χ1) is 16.9. The average molecular weight is 541 g/mol. The fourth-order valence-corrected chi connectivity index (χ4v) is 3.77. The van der Waals surface area contributed by atoms with E-state index in [0.717, 1.165) is 15.8 Å². The molecule has 1 amide bonds. The highest BCUT2D eigenvalue weighted by Crippen LogP contribution is 2.37. The van der Waals surface area contributed by atoms with Gasteiger partial charge in [0.15, 0.2) is 17.2 Å². The number of nitrogens with zero attached hydrogens (tertiary/aromatic N) is 6. The van der Waals surface area contributed by atoms with Gasteiger partial charge in [-0.2, -0.15) is 9.78 Å². The van der Waals surface area contributed by atoms with Gasteiger partial charge >= 0.3 is 0 Å². The molecule has 0 aliphatic carbocycles. The number of halogens is 1. The van der Waals surface area contributed by atoms with E-state index in [-0.39, 0.29) is 17.3 Å². The lowest BCUT2D eigenvalue weighted by atomic mass is 10.1. The molecule has 0 fully saturated rings. The van der Waals surface area contributed by atoms with Gasteiger partial charge in [-0.05, 0) is 68.9 Å². The van der Waals surface area contributed by atoms with Gasteiger partial charge in [-0.3, -0.25) is 4.79 Å². The molecule has 2 aromatic heterocycles. The third-order valence-electron chi connectivity index (χ3n) is 5.01. The van der Waals surface area contributed by atoms with Crippen molar-refractivity contribution < 1.29 is 18.9 Å². The second kappa shape index (κ2) is 10.3. The lowest BCUT2D eigenvalue weighted by Crippen LogP contribution is -2.22. The van der Waals surface area contributed by atoms with Gasteiger partial charge in [-0.25, -0.2) is 10.1 Å². The van der Waals surface area contributed by atoms with Crippen molar-refractivity contribution >= 4 is 33.9 Å². The van der Waals surface area contributed by atoms with Crippen molar-refractivity contribution in [2.45, 2.75) is 20.5 Å². The largest absolute Gasteiger partial charge is 0.493 e. The van der Waals surface area contributed by atoms with Gasteiger partial charge in [-0.15, -0.1) is 5.10 Å². The monoisotopic (exact) mass is 540 g/mol. The van der Waals surface area contributed by atoms with Crippen LogP contribution >= 0.6 is 15.9 Å². The molecule has 0 aliphatic heterocycles. The molecule has 35 heavy (non-hydrogen) atoms. The molecule has 3 N–H and O–H groups in total. The zero-order valence-corrected chi connectivity index (χ0v) is 20.6. The molecule has 0 radical (unpaired) electrons. The number of anilines is 1. The molecule has 0 saturated carbocycles. The number of nitrogens with two attached hydrogens (primary N) is 1. The Labute approximate surface area is 208 Å². The molecular formula is C22H21BrN8O4. The zero-order valence-electron chi connectivity index (χ0n) is 19.0. The maximum Gasteiger partial charge on any atom is 0.292 e. The van der Waals surface area contributed by atoms with Crippen LogP contribution < -0.4 is 20.6 Å². The van der Waals surface area contributed by atoms with Crippen LogP contribution in [0.5, 0.6) is 11.5 Å². The van der Waals surface area contributed by atoms with E-state index in [2.05, 4.69) is 51.7 Å². The summed E-state index contributed by atoms with van der Waals surface area (Å²) in [5.41, 5.74) is 11.4. The van der Waals surface area contributed by atoms with Crippen LogP contribution in [-0.2, 0) is 6.61 Å². The van der Waals surface area contributed by atoms with Gasteiger partial charge < -0.3 is 15.2 Å². The van der Waals surface area contributed by atoms with Gasteiger partial charge in [0.2, 0.25) is 11.6 Å². The number of carbonyl (C=O) groups excluding carboxylic acids is 1. The minimum Gasteiger partial charge on any atom is -0.493 e. The average Bonchev–Trinajstić information content (AvgIpc) is 3.43. The smallest absolute Gasteiger partial charge is 0.292 e. The molecule has 0 bridgehead atoms. The van der Waals surface area contributed by atoms with E-state index in [9.17, 15) is 4.79 Å². The van der Waals surface area contributed by atoms with Gasteiger partial charge in [0.05, 0.1) is 23.5 Å². The number of methoxy groups -OCH3 is 1. The summed E-state index contributed by atoms with van der Waals surface area (Å²) in [4.78, 5) is 12.7. The van der Waals surface area contributed by atoms with Crippen LogP contribution in [0.4, 0.5) is 5.82 Å². The Hall–Kier alpha value is -4.26. The predicted octanol–water partition coefficient (Wildman–Crippen LogP) is 2.96. The van der Waals surface area contributed by atoms with Crippen molar-refractivity contribution in [3.63, 3.8) is 0 Å². The van der Waals surface area contributed by atoms with Gasteiger partial charge in [-0.1, -0.05) is 29.5 Å². The van der Waals surface area contributed by atoms with Crippen LogP contribution in [0.15, 0.2) is 50.6 Å². The van der Waals surface area contributed by atoms with Crippen LogP contribution in [-0.4, -0.2) is 44.5 Å². The molecule has 12 nitrogen and oxygen atoms in total. The molecule has 0 unspecified atom stereocenters. The van der Waals surface area contributed by atoms with E-state index >= 15 is 0 Å². The Kier molecular flexibility index (Phi) is 7.06. The Morgan fingerprint density at radius 2 is 2.09 bits per heavy atom. The summed E-state index contributed by atoms with van der Waals surface area (Å²) in [7, 11) is 1.55. The second-order valence-electron chi connectivity index (χ2n) is 7.36. The first kappa shape index (κ1) is 23.9. The highest BCUT2D eigenvalue weighted by molar-refractivity contribution is 9.10. The molecule has 4 aromatic rings. The van der Waals surface area contributed by atoms with Gasteiger partial charge in [0.1, 0.15) is 6.61 Å². The van der Waals surface area contributed by atoms with Crippen molar-refractivity contribution in [3.8, 4) is 17.3 Å². The van der Waals surface area contributed by atoms with E-state index in [1.165, 1.54) is 6.21 Å². The highest BCUT2D eigenvalue weighted by Gasteiger charge is 2.22. The topological polar surface area (TPSA) is 156 Å². The Morgan fingerprint density at radius 1 is 1.29 bits per heavy atom. The standard InChI is InChI=1S/C22H21BrN8O4/c1-12-6-4-5-7-15(12)11-34-19-16(23)8-14(9-17(19)33-3)10-25-27-22(32)18-13(2)26-30-31(18)21-20(24)28-35-29-21/h4-10H,11H2,1-3H3,(H2,24,28)(H,27,32). The Bertz CT molecular complexity index is 1400. The van der Waals surface area contributed by atoms with Crippen molar-refractivity contribution in [1.82, 2.24) is 30.7 Å². The molecule has 180 valence electrons. The molecule has 4 rings (SSSR count). The number of nitrogen functional groups attached to an aromatic ring is 1. The minimum absolute atomic E-state index is 0.0332. The van der Waals surface area contributed by atoms with E-state index < -0.39 is 5.91 Å². The molecule has 0 aliphatic rings. The molecule has 2 heterocycles. The molecule has 0 atom stereocenters. The minimum atomic E-state index is -0.574. The van der Waals surface area contributed by atoms with Crippen molar-refractivity contribution in [1.29, 1.82) is 0 Å². The van der Waals surface area contributed by atoms with Crippen LogP contribution in [0, 0.1) is 13.8 Å². The summed E-state index contributed by atoms with van der Waals surface area (Å²) in [5.74, 6) is 0.508. The number of hydrogen-bond donors (Lipinski definition) is 2. The number of carbonyl (C=O) groups is 1. The van der Waals surface area contributed by atoms with Crippen LogP contribution in [0.2, 0.25) is 0 Å². The summed E-state index contributed by atoms with van der Waals surface area (Å²) in [6.07, 6.45) is 1.46. The third-order valence-corrected chi connectivity index (χ3v) is 5.60. The maximum atomic E-state index is 12.7. The normalized spacial score (nSPS) is 11.1. The van der Waals surface area contributed by atoms with E-state index in [1.54, 1.807) is 26.2 Å². The van der Waals surface area contributed by atoms with E-state index in [1.807, 2.05) is 31.2 Å². The summed E-state index contributed by atoms with van der Waals surface area (Å²) in [6, 6.07) is 11.5. The number of amides is 1. The Morgan fingerprint density at radius 3 is 2.80 bits per heavy atom. The first-order valence-electron chi connectivity index (χ1n) is 10.3. The molecular weight excluding hydrogens is 520 g/mol. The van der Waals surface area contributed by atoms with Crippen LogP contribution in [0.1, 0.15) is 32.9 Å². The Balaban J connectivity index is 1.49. The number of ether oxygens (including phenoxy) is 2. The summed E-state index contributed by atoms with van der Waals surface area (Å²) in [6.45, 7) is 4.03. The van der Waals surface area contributed by atoms with E-state index in [4.69, 9.17) is 15.2 Å². The fraction of sp³-hybridized carbons (Fsp3) is 0.182. The number of hydrazone groups is 1. The predicted molar refractivity (Wildman–Crippen MR) is 130 cm³/mol. The lowest BCUT2D eigenvalue weighted by Gasteiger charge is -2.14. The van der Waals surface area contributed by atoms with Crippen LogP contribution in [0.25, 0.3) is 5.82 Å². The second-order valence-corrected chi connectivity index (χ2v) is 8.21. The molecule has 0 spiro atoms. The molecule has 2 aromatic carbocycles. The van der Waals surface area contributed by atoms with E-state index in [0.29, 0.717) is 33.8 Å². The highest BCUT2D eigenvalue weighted by atomic mass is 79.9. The summed E-state index contributed by atoms with van der Waals surface area (Å²) in [5, 5.41) is 18.9. The van der Waals surface area contributed by atoms with Crippen molar-refractivity contribution in [2.75, 3.05) is 12.8 Å². The van der Waals surface area contributed by atoms with Gasteiger partial charge in [0, 0.05) is 0 Å². The summed E-state index contributed by atoms with van der Waals surface area (Å²) >= 11 is 3.52.